The van der Waals surface area contributed by atoms with Gasteiger partial charge in [-0.05, 0) is 37.6 Å². The third-order valence-corrected chi connectivity index (χ3v) is 4.65. The molecular weight excluding hydrogens is 266 g/mol. The molecular formula is C16H29N3O2. The number of rotatable bonds is 3. The van der Waals surface area contributed by atoms with Crippen LogP contribution in [0.1, 0.15) is 33.1 Å². The zero-order valence-electron chi connectivity index (χ0n) is 13.8. The smallest absolute Gasteiger partial charge is 0.239 e. The van der Waals surface area contributed by atoms with Gasteiger partial charge in [-0.1, -0.05) is 13.8 Å². The van der Waals surface area contributed by atoms with Crippen LogP contribution in [0.15, 0.2) is 0 Å². The lowest BCUT2D eigenvalue weighted by molar-refractivity contribution is -0.138. The first-order valence-electron chi connectivity index (χ1n) is 8.11. The number of carbonyl (C=O) groups is 2. The predicted molar refractivity (Wildman–Crippen MR) is 82.8 cm³/mol. The molecule has 5 nitrogen and oxygen atoms in total. The van der Waals surface area contributed by atoms with Gasteiger partial charge in [-0.3, -0.25) is 14.5 Å². The molecule has 0 radical (unpaired) electrons. The van der Waals surface area contributed by atoms with Gasteiger partial charge in [0.2, 0.25) is 11.8 Å². The largest absolute Gasteiger partial charge is 0.347 e. The molecule has 3 atom stereocenters. The molecule has 0 N–H and O–H groups in total. The van der Waals surface area contributed by atoms with Crippen LogP contribution < -0.4 is 0 Å². The monoisotopic (exact) mass is 295 g/mol. The molecule has 0 saturated carbocycles. The van der Waals surface area contributed by atoms with Gasteiger partial charge < -0.3 is 9.80 Å². The number of nitrogens with zero attached hydrogens (tertiary/aromatic N) is 3. The molecule has 2 aliphatic heterocycles. The summed E-state index contributed by atoms with van der Waals surface area (Å²) in [4.78, 5) is 30.4. The molecule has 0 bridgehead atoms. The minimum absolute atomic E-state index is 0.108. The Labute approximate surface area is 128 Å². The Morgan fingerprint density at radius 2 is 1.76 bits per heavy atom. The van der Waals surface area contributed by atoms with E-state index in [1.54, 1.807) is 19.0 Å². The topological polar surface area (TPSA) is 43.9 Å². The Kier molecular flexibility index (Phi) is 5.25. The lowest BCUT2D eigenvalue weighted by atomic mass is 9.92. The molecule has 0 spiro atoms. The van der Waals surface area contributed by atoms with E-state index in [9.17, 15) is 9.59 Å². The highest BCUT2D eigenvalue weighted by Gasteiger charge is 2.34. The van der Waals surface area contributed by atoms with Gasteiger partial charge in [-0.25, -0.2) is 0 Å². The number of likely N-dealkylation sites (N-methyl/N-ethyl adjacent to an activating group) is 1. The van der Waals surface area contributed by atoms with Gasteiger partial charge in [-0.15, -0.1) is 0 Å². The van der Waals surface area contributed by atoms with Crippen LogP contribution in [0.25, 0.3) is 0 Å². The average molecular weight is 295 g/mol. The molecule has 3 unspecified atom stereocenters. The minimum atomic E-state index is -0.108. The van der Waals surface area contributed by atoms with E-state index in [0.717, 1.165) is 32.5 Å². The van der Waals surface area contributed by atoms with Crippen LogP contribution in [0.3, 0.4) is 0 Å². The van der Waals surface area contributed by atoms with Crippen LogP contribution in [0.4, 0.5) is 0 Å². The summed E-state index contributed by atoms with van der Waals surface area (Å²) in [6.45, 7) is 7.40. The molecule has 2 heterocycles. The zero-order chi connectivity index (χ0) is 15.6. The van der Waals surface area contributed by atoms with Crippen LogP contribution in [-0.4, -0.2) is 72.8 Å². The molecule has 2 fully saturated rings. The number of likely N-dealkylation sites (tertiary alicyclic amines) is 2. The van der Waals surface area contributed by atoms with Crippen molar-refractivity contribution < 1.29 is 9.59 Å². The second kappa shape index (κ2) is 6.77. The Morgan fingerprint density at radius 1 is 1.14 bits per heavy atom. The van der Waals surface area contributed by atoms with Crippen molar-refractivity contribution in [3.05, 3.63) is 0 Å². The van der Waals surface area contributed by atoms with Crippen molar-refractivity contribution in [2.75, 3.05) is 40.3 Å². The molecule has 2 rings (SSSR count). The Morgan fingerprint density at radius 3 is 2.33 bits per heavy atom. The first-order chi connectivity index (χ1) is 9.88. The van der Waals surface area contributed by atoms with E-state index in [4.69, 9.17) is 0 Å². The highest BCUT2D eigenvalue weighted by atomic mass is 16.2. The number of carbonyl (C=O) groups excluding carboxylic acids is 2. The number of hydrogen-bond acceptors (Lipinski definition) is 3. The fraction of sp³-hybridized carbons (Fsp3) is 0.875. The van der Waals surface area contributed by atoms with Crippen molar-refractivity contribution in [2.24, 2.45) is 11.8 Å². The maximum atomic E-state index is 12.5. The molecule has 2 saturated heterocycles. The Balaban J connectivity index is 1.93. The first-order valence-corrected chi connectivity index (χ1v) is 8.11. The Bertz CT molecular complexity index is 387. The van der Waals surface area contributed by atoms with Gasteiger partial charge in [0.05, 0.1) is 12.6 Å². The van der Waals surface area contributed by atoms with Crippen LogP contribution in [0, 0.1) is 11.8 Å². The standard InChI is InChI=1S/C16H29N3O2/c1-12-8-13(2)10-19(9-12)15(20)11-18-7-5-6-14(18)16(21)17(3)4/h12-14H,5-11H2,1-4H3. The van der Waals surface area contributed by atoms with Gasteiger partial charge in [0.1, 0.15) is 0 Å². The van der Waals surface area contributed by atoms with Gasteiger partial charge >= 0.3 is 0 Å². The average Bonchev–Trinajstić information content (AvgIpc) is 2.84. The maximum absolute atomic E-state index is 12.5. The number of hydrogen-bond donors (Lipinski definition) is 0. The molecule has 120 valence electrons. The number of amides is 2. The summed E-state index contributed by atoms with van der Waals surface area (Å²) in [6.07, 6.45) is 3.08. The van der Waals surface area contributed by atoms with Gasteiger partial charge in [0.25, 0.3) is 0 Å². The first kappa shape index (κ1) is 16.3. The zero-order valence-corrected chi connectivity index (χ0v) is 13.8. The van der Waals surface area contributed by atoms with Crippen LogP contribution in [0.5, 0.6) is 0 Å². The highest BCUT2D eigenvalue weighted by Crippen LogP contribution is 2.23. The van der Waals surface area contributed by atoms with E-state index in [1.165, 1.54) is 6.42 Å². The molecule has 0 aromatic rings. The third kappa shape index (κ3) is 3.96. The van der Waals surface area contributed by atoms with Gasteiger partial charge in [-0.2, -0.15) is 0 Å². The highest BCUT2D eigenvalue weighted by molar-refractivity contribution is 5.83. The fourth-order valence-electron chi connectivity index (χ4n) is 3.73. The minimum Gasteiger partial charge on any atom is -0.347 e. The summed E-state index contributed by atoms with van der Waals surface area (Å²) in [5.74, 6) is 1.47. The van der Waals surface area contributed by atoms with Crippen molar-refractivity contribution in [3.63, 3.8) is 0 Å². The second-order valence-electron chi connectivity index (χ2n) is 7.11. The summed E-state index contributed by atoms with van der Waals surface area (Å²) in [5.41, 5.74) is 0. The third-order valence-electron chi connectivity index (χ3n) is 4.65. The van der Waals surface area contributed by atoms with Crippen LogP contribution in [-0.2, 0) is 9.59 Å². The van der Waals surface area contributed by atoms with E-state index < -0.39 is 0 Å². The molecule has 2 amide bonds. The summed E-state index contributed by atoms with van der Waals surface area (Å²) in [7, 11) is 3.57. The van der Waals surface area contributed by atoms with E-state index in [1.807, 2.05) is 4.90 Å². The van der Waals surface area contributed by atoms with Crippen molar-refractivity contribution in [1.82, 2.24) is 14.7 Å². The predicted octanol–water partition coefficient (Wildman–Crippen LogP) is 1.04. The lowest BCUT2D eigenvalue weighted by Gasteiger charge is -2.36. The summed E-state index contributed by atoms with van der Waals surface area (Å²) >= 11 is 0. The number of piperidine rings is 1. The molecule has 5 heteroatoms. The van der Waals surface area contributed by atoms with Crippen molar-refractivity contribution in [1.29, 1.82) is 0 Å². The van der Waals surface area contributed by atoms with E-state index in [2.05, 4.69) is 18.7 Å². The van der Waals surface area contributed by atoms with Crippen molar-refractivity contribution in [2.45, 2.75) is 39.2 Å². The Hall–Kier alpha value is -1.10. The van der Waals surface area contributed by atoms with Gasteiger partial charge in [0, 0.05) is 27.2 Å². The van der Waals surface area contributed by atoms with Crippen molar-refractivity contribution >= 4 is 11.8 Å². The molecule has 21 heavy (non-hydrogen) atoms. The van der Waals surface area contributed by atoms with Crippen molar-refractivity contribution in [3.8, 4) is 0 Å². The van der Waals surface area contributed by atoms with Crippen LogP contribution in [0.2, 0.25) is 0 Å². The van der Waals surface area contributed by atoms with E-state index in [-0.39, 0.29) is 17.9 Å². The maximum Gasteiger partial charge on any atom is 0.239 e. The van der Waals surface area contributed by atoms with E-state index in [0.29, 0.717) is 18.4 Å². The quantitative estimate of drug-likeness (QED) is 0.781. The lowest BCUT2D eigenvalue weighted by Crippen LogP contribution is -2.50. The van der Waals surface area contributed by atoms with Gasteiger partial charge in [0.15, 0.2) is 0 Å². The molecule has 0 aromatic heterocycles. The summed E-state index contributed by atoms with van der Waals surface area (Å²) in [6, 6.07) is -0.108. The molecule has 0 aliphatic carbocycles. The SMILES string of the molecule is CC1CC(C)CN(C(=O)CN2CCCC2C(=O)N(C)C)C1. The van der Waals surface area contributed by atoms with Crippen LogP contribution >= 0.6 is 0 Å². The molecule has 0 aromatic carbocycles. The molecule has 2 aliphatic rings. The normalized spacial score (nSPS) is 30.5. The summed E-state index contributed by atoms with van der Waals surface area (Å²) in [5, 5.41) is 0. The fourth-order valence-corrected chi connectivity index (χ4v) is 3.73. The summed E-state index contributed by atoms with van der Waals surface area (Å²) < 4.78 is 0. The van der Waals surface area contributed by atoms with E-state index >= 15 is 0 Å². The second-order valence-corrected chi connectivity index (χ2v) is 7.11.